The molecule has 1 aromatic carbocycles. The Morgan fingerprint density at radius 1 is 1.50 bits per heavy atom. The smallest absolute Gasteiger partial charge is 0.311 e. The van der Waals surface area contributed by atoms with Crippen molar-refractivity contribution in [2.24, 2.45) is 0 Å². The second kappa shape index (κ2) is 6.11. The fourth-order valence-electron chi connectivity index (χ4n) is 1.72. The van der Waals surface area contributed by atoms with Crippen LogP contribution in [-0.2, 0) is 6.54 Å². The molecule has 8 heteroatoms. The van der Waals surface area contributed by atoms with Crippen molar-refractivity contribution in [3.63, 3.8) is 0 Å². The molecule has 0 saturated carbocycles. The molecule has 0 unspecified atom stereocenters. The number of hydrogen-bond acceptors (Lipinski definition) is 7. The predicted molar refractivity (Wildman–Crippen MR) is 70.3 cm³/mol. The normalized spacial score (nSPS) is 10.5. The van der Waals surface area contributed by atoms with E-state index < -0.39 is 4.92 Å². The van der Waals surface area contributed by atoms with Gasteiger partial charge in [0.1, 0.15) is 0 Å². The first-order chi connectivity index (χ1) is 9.67. The minimum Gasteiger partial charge on any atom is -0.490 e. The molecule has 0 fully saturated rings. The zero-order valence-electron chi connectivity index (χ0n) is 11.1. The Balaban J connectivity index is 2.39. The lowest BCUT2D eigenvalue weighted by Crippen LogP contribution is -2.12. The zero-order chi connectivity index (χ0) is 14.5. The fourth-order valence-corrected chi connectivity index (χ4v) is 1.72. The quantitative estimate of drug-likeness (QED) is 0.634. The monoisotopic (exact) mass is 278 g/mol. The number of hydrogen-bond donors (Lipinski definition) is 1. The predicted octanol–water partition coefficient (Wildman–Crippen LogP) is 1.76. The summed E-state index contributed by atoms with van der Waals surface area (Å²) >= 11 is 0. The molecule has 2 aromatic rings. The van der Waals surface area contributed by atoms with E-state index >= 15 is 0 Å². The lowest BCUT2D eigenvalue weighted by molar-refractivity contribution is -0.385. The molecule has 0 aliphatic heterocycles. The van der Waals surface area contributed by atoms with Gasteiger partial charge in [-0.05, 0) is 12.6 Å². The number of nitro benzene ring substituents is 1. The van der Waals surface area contributed by atoms with Crippen molar-refractivity contribution in [1.29, 1.82) is 0 Å². The molecule has 1 N–H and O–H groups in total. The highest BCUT2D eigenvalue weighted by molar-refractivity contribution is 5.69. The van der Waals surface area contributed by atoms with Gasteiger partial charge in [-0.3, -0.25) is 10.1 Å². The third-order valence-corrected chi connectivity index (χ3v) is 2.63. The summed E-state index contributed by atoms with van der Waals surface area (Å²) in [6.07, 6.45) is 0. The summed E-state index contributed by atoms with van der Waals surface area (Å²) in [7, 11) is 1.36. The summed E-state index contributed by atoms with van der Waals surface area (Å²) in [5.41, 5.74) is 0.258. The molecular formula is C12H14N4O4. The van der Waals surface area contributed by atoms with Crippen LogP contribution in [0.25, 0.3) is 11.5 Å². The number of nitrogens with one attached hydrogen (secondary N) is 1. The molecule has 0 saturated heterocycles. The third-order valence-electron chi connectivity index (χ3n) is 2.63. The Kier molecular flexibility index (Phi) is 4.26. The molecule has 106 valence electrons. The maximum atomic E-state index is 11.0. The Labute approximate surface area is 114 Å². The molecule has 0 aliphatic carbocycles. The van der Waals surface area contributed by atoms with Crippen LogP contribution in [0.15, 0.2) is 22.7 Å². The summed E-state index contributed by atoms with van der Waals surface area (Å²) in [6.45, 7) is 3.21. The van der Waals surface area contributed by atoms with Gasteiger partial charge in [0.2, 0.25) is 5.75 Å². The molecule has 0 atom stereocenters. The van der Waals surface area contributed by atoms with Crippen molar-refractivity contribution in [3.8, 4) is 17.2 Å². The first-order valence-corrected chi connectivity index (χ1v) is 6.02. The molecule has 0 spiro atoms. The third kappa shape index (κ3) is 2.75. The highest BCUT2D eigenvalue weighted by Crippen LogP contribution is 2.36. The topological polar surface area (TPSA) is 103 Å². The maximum absolute atomic E-state index is 11.0. The number of benzene rings is 1. The van der Waals surface area contributed by atoms with Crippen LogP contribution in [0.4, 0.5) is 5.69 Å². The van der Waals surface area contributed by atoms with Crippen molar-refractivity contribution in [3.05, 3.63) is 34.1 Å². The molecular weight excluding hydrogens is 264 g/mol. The van der Waals surface area contributed by atoms with Gasteiger partial charge >= 0.3 is 5.69 Å². The van der Waals surface area contributed by atoms with Crippen LogP contribution in [0.5, 0.6) is 5.75 Å². The van der Waals surface area contributed by atoms with Gasteiger partial charge in [-0.15, -0.1) is 0 Å². The Hall–Kier alpha value is -2.48. The van der Waals surface area contributed by atoms with E-state index in [4.69, 9.17) is 9.26 Å². The minimum absolute atomic E-state index is 0.108. The average molecular weight is 278 g/mol. The molecule has 2 rings (SSSR count). The summed E-state index contributed by atoms with van der Waals surface area (Å²) < 4.78 is 10.2. The lowest BCUT2D eigenvalue weighted by Gasteiger charge is -2.04. The van der Waals surface area contributed by atoms with Crippen molar-refractivity contribution in [2.45, 2.75) is 13.5 Å². The molecule has 1 heterocycles. The SMILES string of the molecule is CCNCc1noc(-c2cccc([N+](=O)[O-])c2OC)n1. The van der Waals surface area contributed by atoms with Crippen LogP contribution in [0.2, 0.25) is 0 Å². The van der Waals surface area contributed by atoms with Crippen LogP contribution in [0, 0.1) is 10.1 Å². The molecule has 0 aliphatic rings. The first kappa shape index (κ1) is 13.9. The Morgan fingerprint density at radius 3 is 2.95 bits per heavy atom. The van der Waals surface area contributed by atoms with Crippen LogP contribution >= 0.6 is 0 Å². The van der Waals surface area contributed by atoms with Crippen LogP contribution in [0.1, 0.15) is 12.7 Å². The van der Waals surface area contributed by atoms with Crippen molar-refractivity contribution in [2.75, 3.05) is 13.7 Å². The number of methoxy groups -OCH3 is 1. The van der Waals surface area contributed by atoms with Crippen LogP contribution < -0.4 is 10.1 Å². The van der Waals surface area contributed by atoms with E-state index in [9.17, 15) is 10.1 Å². The van der Waals surface area contributed by atoms with Gasteiger partial charge in [-0.2, -0.15) is 4.98 Å². The van der Waals surface area contributed by atoms with E-state index in [1.807, 2.05) is 6.92 Å². The van der Waals surface area contributed by atoms with E-state index in [1.54, 1.807) is 12.1 Å². The molecule has 8 nitrogen and oxygen atoms in total. The largest absolute Gasteiger partial charge is 0.490 e. The maximum Gasteiger partial charge on any atom is 0.311 e. The van der Waals surface area contributed by atoms with Gasteiger partial charge in [0, 0.05) is 6.07 Å². The van der Waals surface area contributed by atoms with E-state index in [2.05, 4.69) is 15.5 Å². The highest BCUT2D eigenvalue weighted by Gasteiger charge is 2.22. The van der Waals surface area contributed by atoms with E-state index in [1.165, 1.54) is 13.2 Å². The van der Waals surface area contributed by atoms with Crippen molar-refractivity contribution < 1.29 is 14.2 Å². The summed E-state index contributed by atoms with van der Waals surface area (Å²) in [6, 6.07) is 4.54. The second-order valence-corrected chi connectivity index (χ2v) is 3.91. The molecule has 20 heavy (non-hydrogen) atoms. The Bertz CT molecular complexity index is 611. The average Bonchev–Trinajstić information content (AvgIpc) is 2.92. The number of para-hydroxylation sites is 1. The lowest BCUT2D eigenvalue weighted by atomic mass is 10.1. The van der Waals surface area contributed by atoms with Gasteiger partial charge in [-0.1, -0.05) is 18.1 Å². The highest BCUT2D eigenvalue weighted by atomic mass is 16.6. The molecule has 0 radical (unpaired) electrons. The summed E-state index contributed by atoms with van der Waals surface area (Å²) in [5, 5.41) is 17.8. The van der Waals surface area contributed by atoms with Gasteiger partial charge < -0.3 is 14.6 Å². The van der Waals surface area contributed by atoms with Gasteiger partial charge in [-0.25, -0.2) is 0 Å². The second-order valence-electron chi connectivity index (χ2n) is 3.91. The van der Waals surface area contributed by atoms with Crippen molar-refractivity contribution in [1.82, 2.24) is 15.5 Å². The van der Waals surface area contributed by atoms with Gasteiger partial charge in [0.25, 0.3) is 5.89 Å². The van der Waals surface area contributed by atoms with E-state index in [0.29, 0.717) is 17.9 Å². The van der Waals surface area contributed by atoms with E-state index in [0.717, 1.165) is 6.54 Å². The molecule has 0 amide bonds. The first-order valence-electron chi connectivity index (χ1n) is 6.02. The molecule has 1 aromatic heterocycles. The number of nitrogens with zero attached hydrogens (tertiary/aromatic N) is 3. The van der Waals surface area contributed by atoms with Gasteiger partial charge in [0.05, 0.1) is 24.1 Å². The minimum atomic E-state index is -0.516. The number of rotatable bonds is 6. The summed E-state index contributed by atoms with van der Waals surface area (Å²) in [4.78, 5) is 14.6. The standard InChI is InChI=1S/C12H14N4O4/c1-3-13-7-10-14-12(20-15-10)8-5-4-6-9(16(17)18)11(8)19-2/h4-6,13H,3,7H2,1-2H3. The van der Waals surface area contributed by atoms with Crippen LogP contribution in [0.3, 0.4) is 0 Å². The number of ether oxygens (including phenoxy) is 1. The Morgan fingerprint density at radius 2 is 2.30 bits per heavy atom. The van der Waals surface area contributed by atoms with E-state index in [-0.39, 0.29) is 17.3 Å². The summed E-state index contributed by atoms with van der Waals surface area (Å²) in [5.74, 6) is 0.782. The van der Waals surface area contributed by atoms with Crippen LogP contribution in [-0.4, -0.2) is 28.7 Å². The molecule has 0 bridgehead atoms. The fraction of sp³-hybridized carbons (Fsp3) is 0.333. The number of aromatic nitrogens is 2. The number of nitro groups is 1. The zero-order valence-corrected chi connectivity index (χ0v) is 11.1. The van der Waals surface area contributed by atoms with Crippen molar-refractivity contribution >= 4 is 5.69 Å². The van der Waals surface area contributed by atoms with Gasteiger partial charge in [0.15, 0.2) is 5.82 Å².